The minimum Gasteiger partial charge on any atom is -0.497 e. The largest absolute Gasteiger partial charge is 0.497 e. The van der Waals surface area contributed by atoms with E-state index in [1.54, 1.807) is 11.7 Å². The van der Waals surface area contributed by atoms with Gasteiger partial charge in [0.15, 0.2) is 0 Å². The number of hydrogen-bond acceptors (Lipinski definition) is 6. The van der Waals surface area contributed by atoms with E-state index < -0.39 is 0 Å². The first-order valence-electron chi connectivity index (χ1n) is 10.5. The molecule has 0 atom stereocenters. The van der Waals surface area contributed by atoms with Gasteiger partial charge in [-0.2, -0.15) is 5.26 Å². The monoisotopic (exact) mass is 418 g/mol. The molecule has 0 amide bonds. The van der Waals surface area contributed by atoms with Crippen LogP contribution in [-0.4, -0.2) is 34.9 Å². The summed E-state index contributed by atoms with van der Waals surface area (Å²) >= 11 is 0. The van der Waals surface area contributed by atoms with E-state index in [2.05, 4.69) is 11.1 Å². The van der Waals surface area contributed by atoms with Crippen LogP contribution in [0, 0.1) is 31.1 Å². The fourth-order valence-electron chi connectivity index (χ4n) is 4.20. The van der Waals surface area contributed by atoms with Crippen molar-refractivity contribution in [3.05, 3.63) is 63.0 Å². The van der Waals surface area contributed by atoms with Gasteiger partial charge in [0.05, 0.1) is 36.0 Å². The first kappa shape index (κ1) is 21.0. The highest BCUT2D eigenvalue weighted by atomic mass is 16.5. The minimum atomic E-state index is -0.200. The van der Waals surface area contributed by atoms with E-state index in [-0.39, 0.29) is 5.56 Å². The van der Waals surface area contributed by atoms with E-state index in [1.165, 1.54) is 0 Å². The van der Waals surface area contributed by atoms with Crippen LogP contribution in [0.15, 0.2) is 29.1 Å². The normalized spacial score (nSPS) is 14.5. The molecule has 1 aliphatic rings. The molecule has 1 saturated heterocycles. The van der Waals surface area contributed by atoms with Crippen LogP contribution in [0.1, 0.15) is 41.2 Å². The Hall–Kier alpha value is -3.24. The molecule has 1 aliphatic heterocycles. The SMILES string of the molecule is COc1ccc(Cn2c(C)nc3c(C)nc(CC4CCOCC4)c(C#N)c3c2=O)cc1. The van der Waals surface area contributed by atoms with E-state index in [0.717, 1.165) is 37.4 Å². The Labute approximate surface area is 181 Å². The predicted molar refractivity (Wildman–Crippen MR) is 117 cm³/mol. The molecule has 31 heavy (non-hydrogen) atoms. The molecule has 7 heteroatoms. The summed E-state index contributed by atoms with van der Waals surface area (Å²) in [4.78, 5) is 22.9. The number of ether oxygens (including phenoxy) is 2. The number of nitriles is 1. The highest BCUT2D eigenvalue weighted by Gasteiger charge is 2.22. The second-order valence-electron chi connectivity index (χ2n) is 8.01. The molecule has 0 N–H and O–H groups in total. The number of aryl methyl sites for hydroxylation is 2. The predicted octanol–water partition coefficient (Wildman–Crippen LogP) is 3.31. The van der Waals surface area contributed by atoms with Crippen molar-refractivity contribution in [2.24, 2.45) is 5.92 Å². The summed E-state index contributed by atoms with van der Waals surface area (Å²) in [5, 5.41) is 10.3. The zero-order valence-corrected chi connectivity index (χ0v) is 18.1. The van der Waals surface area contributed by atoms with Crippen molar-refractivity contribution in [3.8, 4) is 11.8 Å². The molecule has 0 bridgehead atoms. The highest BCUT2D eigenvalue weighted by molar-refractivity contribution is 5.86. The van der Waals surface area contributed by atoms with Gasteiger partial charge in [0, 0.05) is 13.2 Å². The molecular formula is C24H26N4O3. The minimum absolute atomic E-state index is 0.200. The Morgan fingerprint density at radius 3 is 2.55 bits per heavy atom. The van der Waals surface area contributed by atoms with Crippen LogP contribution in [0.25, 0.3) is 10.9 Å². The van der Waals surface area contributed by atoms with E-state index in [1.807, 2.05) is 38.1 Å². The molecular weight excluding hydrogens is 392 g/mol. The molecule has 0 unspecified atom stereocenters. The summed E-state index contributed by atoms with van der Waals surface area (Å²) in [6, 6.07) is 9.84. The number of hydrogen-bond donors (Lipinski definition) is 0. The van der Waals surface area contributed by atoms with Gasteiger partial charge >= 0.3 is 0 Å². The summed E-state index contributed by atoms with van der Waals surface area (Å²) in [6.45, 7) is 5.50. The van der Waals surface area contributed by atoms with Crippen molar-refractivity contribution in [2.45, 2.75) is 39.7 Å². The number of benzene rings is 1. The van der Waals surface area contributed by atoms with E-state index >= 15 is 0 Å². The van der Waals surface area contributed by atoms with Crippen LogP contribution in [0.4, 0.5) is 0 Å². The maximum absolute atomic E-state index is 13.6. The summed E-state index contributed by atoms with van der Waals surface area (Å²) in [5.41, 5.74) is 3.01. The van der Waals surface area contributed by atoms with Gasteiger partial charge in [0.2, 0.25) is 0 Å². The molecule has 3 aromatic rings. The van der Waals surface area contributed by atoms with Crippen molar-refractivity contribution in [3.63, 3.8) is 0 Å². The van der Waals surface area contributed by atoms with Gasteiger partial charge in [0.25, 0.3) is 5.56 Å². The number of pyridine rings is 1. The molecule has 160 valence electrons. The maximum Gasteiger partial charge on any atom is 0.263 e. The van der Waals surface area contributed by atoms with Gasteiger partial charge in [-0.3, -0.25) is 14.3 Å². The lowest BCUT2D eigenvalue weighted by Gasteiger charge is -2.22. The number of methoxy groups -OCH3 is 1. The number of aromatic nitrogens is 3. The smallest absolute Gasteiger partial charge is 0.263 e. The molecule has 0 aliphatic carbocycles. The Kier molecular flexibility index (Phi) is 6.01. The number of nitrogens with zero attached hydrogens (tertiary/aromatic N) is 4. The molecule has 1 fully saturated rings. The van der Waals surface area contributed by atoms with Crippen LogP contribution >= 0.6 is 0 Å². The maximum atomic E-state index is 13.6. The van der Waals surface area contributed by atoms with Crippen LogP contribution in [-0.2, 0) is 17.7 Å². The topological polar surface area (TPSA) is 90.0 Å². The van der Waals surface area contributed by atoms with Gasteiger partial charge in [-0.05, 0) is 56.7 Å². The van der Waals surface area contributed by atoms with Crippen molar-refractivity contribution < 1.29 is 9.47 Å². The van der Waals surface area contributed by atoms with Gasteiger partial charge in [-0.1, -0.05) is 12.1 Å². The zero-order chi connectivity index (χ0) is 22.0. The summed E-state index contributed by atoms with van der Waals surface area (Å²) in [6.07, 6.45) is 2.56. The lowest BCUT2D eigenvalue weighted by atomic mass is 9.92. The second kappa shape index (κ2) is 8.86. The van der Waals surface area contributed by atoms with Crippen molar-refractivity contribution in [2.75, 3.05) is 20.3 Å². The molecule has 4 rings (SSSR count). The van der Waals surface area contributed by atoms with Crippen molar-refractivity contribution >= 4 is 10.9 Å². The summed E-state index contributed by atoms with van der Waals surface area (Å²) in [7, 11) is 1.62. The zero-order valence-electron chi connectivity index (χ0n) is 18.1. The van der Waals surface area contributed by atoms with Crippen LogP contribution in [0.2, 0.25) is 0 Å². The number of rotatable bonds is 5. The Balaban J connectivity index is 1.81. The third-order valence-corrected chi connectivity index (χ3v) is 5.98. The Morgan fingerprint density at radius 2 is 1.90 bits per heavy atom. The molecule has 3 heterocycles. The van der Waals surface area contributed by atoms with E-state index in [0.29, 0.717) is 52.6 Å². The second-order valence-corrected chi connectivity index (χ2v) is 8.01. The van der Waals surface area contributed by atoms with Crippen molar-refractivity contribution in [1.82, 2.24) is 14.5 Å². The summed E-state index contributed by atoms with van der Waals surface area (Å²) in [5.74, 6) is 1.76. The lowest BCUT2D eigenvalue weighted by molar-refractivity contribution is 0.0662. The average Bonchev–Trinajstić information content (AvgIpc) is 2.78. The molecule has 7 nitrogen and oxygen atoms in total. The van der Waals surface area contributed by atoms with E-state index in [4.69, 9.17) is 14.5 Å². The quantitative estimate of drug-likeness (QED) is 0.631. The molecule has 0 radical (unpaired) electrons. The Bertz CT molecular complexity index is 1200. The fourth-order valence-corrected chi connectivity index (χ4v) is 4.20. The van der Waals surface area contributed by atoms with Gasteiger partial charge in [-0.25, -0.2) is 4.98 Å². The first-order valence-corrected chi connectivity index (χ1v) is 10.5. The summed E-state index contributed by atoms with van der Waals surface area (Å²) < 4.78 is 12.3. The van der Waals surface area contributed by atoms with Crippen molar-refractivity contribution in [1.29, 1.82) is 5.26 Å². The lowest BCUT2D eigenvalue weighted by Crippen LogP contribution is -2.26. The van der Waals surface area contributed by atoms with Crippen LogP contribution < -0.4 is 10.3 Å². The molecule has 0 spiro atoms. The van der Waals surface area contributed by atoms with Gasteiger partial charge < -0.3 is 9.47 Å². The third kappa shape index (κ3) is 4.17. The number of fused-ring (bicyclic) bond motifs is 1. The fraction of sp³-hybridized carbons (Fsp3) is 0.417. The van der Waals surface area contributed by atoms with Crippen LogP contribution in [0.3, 0.4) is 0 Å². The van der Waals surface area contributed by atoms with Gasteiger partial charge in [0.1, 0.15) is 23.2 Å². The Morgan fingerprint density at radius 1 is 1.19 bits per heavy atom. The highest BCUT2D eigenvalue weighted by Crippen LogP contribution is 2.25. The van der Waals surface area contributed by atoms with Crippen LogP contribution in [0.5, 0.6) is 5.75 Å². The molecule has 1 aromatic carbocycles. The standard InChI is InChI=1S/C24H26N4O3/c1-15-23-22(20(13-25)21(26-15)12-17-8-10-31-11-9-17)24(29)28(16(2)27-23)14-18-4-6-19(30-3)7-5-18/h4-7,17H,8-12,14H2,1-3H3. The average molecular weight is 418 g/mol. The third-order valence-electron chi connectivity index (χ3n) is 5.98. The van der Waals surface area contributed by atoms with E-state index in [9.17, 15) is 10.1 Å². The first-order chi connectivity index (χ1) is 15.0. The van der Waals surface area contributed by atoms with Gasteiger partial charge in [-0.15, -0.1) is 0 Å². The molecule has 0 saturated carbocycles. The molecule has 2 aromatic heterocycles.